The van der Waals surface area contributed by atoms with E-state index in [1.807, 2.05) is 35.6 Å². The summed E-state index contributed by atoms with van der Waals surface area (Å²) in [5.41, 5.74) is 0.764. The van der Waals surface area contributed by atoms with Crippen LogP contribution in [0.2, 0.25) is 0 Å². The first-order valence-electron chi connectivity index (χ1n) is 10.8. The van der Waals surface area contributed by atoms with Crippen molar-refractivity contribution in [2.45, 2.75) is 25.4 Å². The molecule has 1 N–H and O–H groups in total. The Labute approximate surface area is 194 Å². The van der Waals surface area contributed by atoms with Crippen molar-refractivity contribution in [2.24, 2.45) is 0 Å². The van der Waals surface area contributed by atoms with Crippen molar-refractivity contribution >= 4 is 16.8 Å². The third kappa shape index (κ3) is 4.39. The van der Waals surface area contributed by atoms with E-state index in [0.29, 0.717) is 22.9 Å². The topological polar surface area (TPSA) is 73.1 Å². The van der Waals surface area contributed by atoms with E-state index in [-0.39, 0.29) is 18.6 Å². The van der Waals surface area contributed by atoms with E-state index >= 15 is 0 Å². The van der Waals surface area contributed by atoms with E-state index in [1.54, 1.807) is 24.3 Å². The SMILES string of the molecule is CNC(=O)C(F)(F)c1ccc(Cn2c(=O)n(CCc3ccccc3)c(=O)c3ccccc32)cc1. The number of nitrogens with zero attached hydrogens (tertiary/aromatic N) is 2. The minimum absolute atomic E-state index is 0.0801. The zero-order valence-electron chi connectivity index (χ0n) is 18.5. The molecule has 34 heavy (non-hydrogen) atoms. The quantitative estimate of drug-likeness (QED) is 0.457. The summed E-state index contributed by atoms with van der Waals surface area (Å²) >= 11 is 0. The Kier molecular flexibility index (Phi) is 6.40. The molecule has 8 heteroatoms. The van der Waals surface area contributed by atoms with Gasteiger partial charge in [-0.15, -0.1) is 0 Å². The number of aromatic nitrogens is 2. The second-order valence-electron chi connectivity index (χ2n) is 7.93. The van der Waals surface area contributed by atoms with Gasteiger partial charge in [0.05, 0.1) is 17.4 Å². The maximum atomic E-state index is 14.2. The maximum absolute atomic E-state index is 14.2. The van der Waals surface area contributed by atoms with E-state index in [2.05, 4.69) is 0 Å². The average molecular weight is 463 g/mol. The number of aryl methyl sites for hydroxylation is 1. The monoisotopic (exact) mass is 463 g/mol. The molecule has 0 aliphatic carbocycles. The van der Waals surface area contributed by atoms with Crippen LogP contribution in [0.15, 0.2) is 88.5 Å². The molecule has 0 saturated heterocycles. The molecule has 4 rings (SSSR count). The Bertz CT molecular complexity index is 1440. The first-order valence-corrected chi connectivity index (χ1v) is 10.8. The lowest BCUT2D eigenvalue weighted by Gasteiger charge is -2.16. The number of rotatable bonds is 7. The number of hydrogen-bond donors (Lipinski definition) is 1. The van der Waals surface area contributed by atoms with Crippen LogP contribution in [0.1, 0.15) is 16.7 Å². The molecule has 1 amide bonds. The van der Waals surface area contributed by atoms with Gasteiger partial charge in [0.15, 0.2) is 0 Å². The van der Waals surface area contributed by atoms with E-state index in [1.165, 1.54) is 33.4 Å². The van der Waals surface area contributed by atoms with Crippen LogP contribution in [0.5, 0.6) is 0 Å². The number of alkyl halides is 2. The van der Waals surface area contributed by atoms with Crippen LogP contribution < -0.4 is 16.6 Å². The highest BCUT2D eigenvalue weighted by atomic mass is 19.3. The Balaban J connectivity index is 1.72. The van der Waals surface area contributed by atoms with Crippen LogP contribution in [0.4, 0.5) is 8.78 Å². The lowest BCUT2D eigenvalue weighted by Crippen LogP contribution is -2.40. The van der Waals surface area contributed by atoms with Crippen molar-refractivity contribution < 1.29 is 13.6 Å². The fraction of sp³-hybridized carbons (Fsp3) is 0.192. The van der Waals surface area contributed by atoms with Crippen LogP contribution in [-0.4, -0.2) is 22.1 Å². The number of fused-ring (bicyclic) bond motifs is 1. The normalized spacial score (nSPS) is 11.5. The summed E-state index contributed by atoms with van der Waals surface area (Å²) in [6.45, 7) is 0.292. The summed E-state index contributed by atoms with van der Waals surface area (Å²) in [6.07, 6.45) is 0.512. The van der Waals surface area contributed by atoms with E-state index in [9.17, 15) is 23.2 Å². The van der Waals surface area contributed by atoms with Gasteiger partial charge in [0.2, 0.25) is 0 Å². The molecular formula is C26H23F2N3O3. The largest absolute Gasteiger partial charge is 0.354 e. The Hall–Kier alpha value is -4.07. The molecule has 0 radical (unpaired) electrons. The summed E-state index contributed by atoms with van der Waals surface area (Å²) in [6, 6.07) is 21.6. The van der Waals surface area contributed by atoms with Gasteiger partial charge in [-0.2, -0.15) is 8.78 Å². The number of nitrogens with one attached hydrogen (secondary N) is 1. The molecule has 6 nitrogen and oxygen atoms in total. The third-order valence-electron chi connectivity index (χ3n) is 5.77. The van der Waals surface area contributed by atoms with E-state index in [0.717, 1.165) is 12.6 Å². The Morgan fingerprint density at radius 2 is 1.50 bits per heavy atom. The molecule has 174 valence electrons. The van der Waals surface area contributed by atoms with Gasteiger partial charge in [0.25, 0.3) is 11.5 Å². The fourth-order valence-corrected chi connectivity index (χ4v) is 3.90. The molecule has 0 fully saturated rings. The molecule has 0 saturated carbocycles. The van der Waals surface area contributed by atoms with E-state index in [4.69, 9.17) is 0 Å². The average Bonchev–Trinajstić information content (AvgIpc) is 2.87. The van der Waals surface area contributed by atoms with Gasteiger partial charge in [0.1, 0.15) is 0 Å². The summed E-state index contributed by atoms with van der Waals surface area (Å²) in [4.78, 5) is 37.9. The van der Waals surface area contributed by atoms with Crippen molar-refractivity contribution in [1.29, 1.82) is 0 Å². The molecule has 0 unspecified atom stereocenters. The molecule has 0 aliphatic heterocycles. The highest BCUT2D eigenvalue weighted by Crippen LogP contribution is 2.28. The van der Waals surface area contributed by atoms with Crippen molar-refractivity contribution in [1.82, 2.24) is 14.5 Å². The number of benzene rings is 3. The molecular weight excluding hydrogens is 440 g/mol. The lowest BCUT2D eigenvalue weighted by atomic mass is 10.1. The first-order chi connectivity index (χ1) is 16.3. The number of likely N-dealkylation sites (N-methyl/N-ethyl adjacent to an activating group) is 1. The number of halogens is 2. The highest BCUT2D eigenvalue weighted by Gasteiger charge is 2.39. The van der Waals surface area contributed by atoms with Gasteiger partial charge < -0.3 is 5.32 Å². The van der Waals surface area contributed by atoms with Gasteiger partial charge in [-0.3, -0.25) is 18.7 Å². The molecule has 0 bridgehead atoms. The summed E-state index contributed by atoms with van der Waals surface area (Å²) < 4.78 is 31.1. The lowest BCUT2D eigenvalue weighted by molar-refractivity contribution is -0.146. The summed E-state index contributed by atoms with van der Waals surface area (Å²) in [5, 5.41) is 2.36. The van der Waals surface area contributed by atoms with Crippen molar-refractivity contribution in [3.63, 3.8) is 0 Å². The summed E-state index contributed by atoms with van der Waals surface area (Å²) in [5.74, 6) is -5.06. The van der Waals surface area contributed by atoms with Crippen LogP contribution >= 0.6 is 0 Å². The third-order valence-corrected chi connectivity index (χ3v) is 5.77. The zero-order valence-corrected chi connectivity index (χ0v) is 18.5. The standard InChI is InChI=1S/C26H23F2N3O3/c1-29-24(33)26(27,28)20-13-11-19(12-14-20)17-31-22-10-6-5-9-21(22)23(32)30(25(31)34)16-15-18-7-3-2-4-8-18/h2-14H,15-17H2,1H3,(H,29,33). The van der Waals surface area contributed by atoms with Crippen molar-refractivity contribution in [3.8, 4) is 0 Å². The van der Waals surface area contributed by atoms with Crippen LogP contribution in [0, 0.1) is 0 Å². The van der Waals surface area contributed by atoms with Gasteiger partial charge in [-0.1, -0.05) is 66.7 Å². The molecule has 3 aromatic carbocycles. The molecule has 1 heterocycles. The van der Waals surface area contributed by atoms with E-state index < -0.39 is 23.1 Å². The fourth-order valence-electron chi connectivity index (χ4n) is 3.90. The number of hydrogen-bond acceptors (Lipinski definition) is 3. The molecule has 1 aromatic heterocycles. The number of carbonyl (C=O) groups is 1. The maximum Gasteiger partial charge on any atom is 0.349 e. The predicted octanol–water partition coefficient (Wildman–Crippen LogP) is 3.29. The zero-order chi connectivity index (χ0) is 24.3. The first kappa shape index (κ1) is 23.1. The van der Waals surface area contributed by atoms with Gasteiger partial charge in [0, 0.05) is 19.2 Å². The van der Waals surface area contributed by atoms with Gasteiger partial charge in [-0.05, 0) is 29.7 Å². The Morgan fingerprint density at radius 3 is 2.18 bits per heavy atom. The minimum Gasteiger partial charge on any atom is -0.354 e. The van der Waals surface area contributed by atoms with Crippen LogP contribution in [0.3, 0.4) is 0 Å². The molecule has 0 aliphatic rings. The van der Waals surface area contributed by atoms with Crippen LogP contribution in [-0.2, 0) is 30.2 Å². The predicted molar refractivity (Wildman–Crippen MR) is 126 cm³/mol. The second kappa shape index (κ2) is 9.43. The number of carbonyl (C=O) groups excluding carboxylic acids is 1. The molecule has 0 atom stereocenters. The van der Waals surface area contributed by atoms with Gasteiger partial charge >= 0.3 is 11.6 Å². The number of para-hydroxylation sites is 1. The minimum atomic E-state index is -3.67. The van der Waals surface area contributed by atoms with Gasteiger partial charge in [-0.25, -0.2) is 4.79 Å². The molecule has 0 spiro atoms. The highest BCUT2D eigenvalue weighted by molar-refractivity contribution is 5.84. The van der Waals surface area contributed by atoms with Crippen molar-refractivity contribution in [3.05, 3.63) is 116 Å². The summed E-state index contributed by atoms with van der Waals surface area (Å²) in [7, 11) is 1.15. The number of amides is 1. The smallest absolute Gasteiger partial charge is 0.349 e. The molecule has 4 aromatic rings. The van der Waals surface area contributed by atoms with Crippen LogP contribution in [0.25, 0.3) is 10.9 Å². The Morgan fingerprint density at radius 1 is 0.853 bits per heavy atom. The van der Waals surface area contributed by atoms with Crippen molar-refractivity contribution in [2.75, 3.05) is 7.05 Å². The second-order valence-corrected chi connectivity index (χ2v) is 7.93.